The van der Waals surface area contributed by atoms with Gasteiger partial charge in [-0.05, 0) is 18.1 Å². The van der Waals surface area contributed by atoms with Crippen LogP contribution in [0.4, 0.5) is 0 Å². The van der Waals surface area contributed by atoms with E-state index in [0.29, 0.717) is 47.8 Å². The molecule has 1 unspecified atom stereocenters. The van der Waals surface area contributed by atoms with Crippen LogP contribution in [-0.4, -0.2) is 61.4 Å². The molecule has 144 valence electrons. The average molecular weight is 386 g/mol. The van der Waals surface area contributed by atoms with E-state index in [0.717, 1.165) is 0 Å². The second-order valence-corrected chi connectivity index (χ2v) is 6.94. The maximum atomic E-state index is 12.8. The molecule has 1 aliphatic rings. The summed E-state index contributed by atoms with van der Waals surface area (Å²) in [5, 5.41) is 9.20. The first-order valence-corrected chi connectivity index (χ1v) is 8.82. The van der Waals surface area contributed by atoms with E-state index in [2.05, 4.69) is 0 Å². The third kappa shape index (κ3) is 5.25. The number of nitrogens with zero attached hydrogens (tertiary/aromatic N) is 1. The number of ether oxygens (including phenoxy) is 3. The summed E-state index contributed by atoms with van der Waals surface area (Å²) in [6.07, 6.45) is -0.660. The molecular formula is C18H24ClNO6. The van der Waals surface area contributed by atoms with Crippen LogP contribution in [0.1, 0.15) is 30.6 Å². The van der Waals surface area contributed by atoms with Crippen molar-refractivity contribution in [3.05, 3.63) is 22.7 Å². The fourth-order valence-corrected chi connectivity index (χ4v) is 2.90. The SMILES string of the molecule is COc1cc(C(=O)N2CCOC(CC(=O)O)C2)cc(Cl)c1OCC(C)C. The number of aliphatic carboxylic acids is 1. The van der Waals surface area contributed by atoms with Crippen LogP contribution in [0, 0.1) is 5.92 Å². The van der Waals surface area contributed by atoms with Crippen molar-refractivity contribution in [3.63, 3.8) is 0 Å². The molecule has 2 rings (SSSR count). The normalized spacial score (nSPS) is 17.3. The highest BCUT2D eigenvalue weighted by molar-refractivity contribution is 6.32. The molecule has 0 bridgehead atoms. The van der Waals surface area contributed by atoms with Crippen molar-refractivity contribution in [1.82, 2.24) is 4.90 Å². The Kier molecular flexibility index (Phi) is 7.11. The molecule has 7 nitrogen and oxygen atoms in total. The standard InChI is InChI=1S/C18H24ClNO6/c1-11(2)10-26-17-14(19)6-12(7-15(17)24-3)18(23)20-4-5-25-13(9-20)8-16(21)22/h6-7,11,13H,4-5,8-10H2,1-3H3,(H,21,22). The quantitative estimate of drug-likeness (QED) is 0.776. The van der Waals surface area contributed by atoms with Gasteiger partial charge in [-0.2, -0.15) is 0 Å². The zero-order chi connectivity index (χ0) is 19.3. The van der Waals surface area contributed by atoms with Crippen molar-refractivity contribution < 1.29 is 28.9 Å². The van der Waals surface area contributed by atoms with Crippen molar-refractivity contribution in [2.24, 2.45) is 5.92 Å². The molecule has 1 heterocycles. The summed E-state index contributed by atoms with van der Waals surface area (Å²) >= 11 is 6.30. The van der Waals surface area contributed by atoms with Gasteiger partial charge in [0, 0.05) is 18.7 Å². The first kappa shape index (κ1) is 20.3. The molecule has 1 N–H and O–H groups in total. The van der Waals surface area contributed by atoms with E-state index in [1.807, 2.05) is 13.8 Å². The van der Waals surface area contributed by atoms with Gasteiger partial charge in [0.25, 0.3) is 5.91 Å². The van der Waals surface area contributed by atoms with Gasteiger partial charge in [0.05, 0.1) is 37.9 Å². The van der Waals surface area contributed by atoms with Gasteiger partial charge in [0.1, 0.15) is 0 Å². The summed E-state index contributed by atoms with van der Waals surface area (Å²) in [7, 11) is 1.49. The van der Waals surface area contributed by atoms with Gasteiger partial charge >= 0.3 is 5.97 Å². The molecule has 1 amide bonds. The molecule has 1 saturated heterocycles. The largest absolute Gasteiger partial charge is 0.493 e. The van der Waals surface area contributed by atoms with Crippen molar-refractivity contribution >= 4 is 23.5 Å². The van der Waals surface area contributed by atoms with Crippen molar-refractivity contribution in [2.75, 3.05) is 33.4 Å². The van der Waals surface area contributed by atoms with Gasteiger partial charge < -0.3 is 24.2 Å². The highest BCUT2D eigenvalue weighted by Crippen LogP contribution is 2.37. The first-order valence-electron chi connectivity index (χ1n) is 8.44. The van der Waals surface area contributed by atoms with Gasteiger partial charge in [-0.25, -0.2) is 0 Å². The highest BCUT2D eigenvalue weighted by Gasteiger charge is 2.27. The van der Waals surface area contributed by atoms with Gasteiger partial charge in [-0.3, -0.25) is 9.59 Å². The number of carbonyl (C=O) groups excluding carboxylic acids is 1. The average Bonchev–Trinajstić information content (AvgIpc) is 2.58. The molecule has 1 fully saturated rings. The molecule has 26 heavy (non-hydrogen) atoms. The highest BCUT2D eigenvalue weighted by atomic mass is 35.5. The van der Waals surface area contributed by atoms with E-state index in [1.54, 1.807) is 17.0 Å². The van der Waals surface area contributed by atoms with Crippen LogP contribution >= 0.6 is 11.6 Å². The van der Waals surface area contributed by atoms with Crippen LogP contribution in [0.5, 0.6) is 11.5 Å². The number of carboxylic acid groups (broad SMARTS) is 1. The van der Waals surface area contributed by atoms with Crippen LogP contribution in [0.2, 0.25) is 5.02 Å². The Morgan fingerprint density at radius 1 is 1.42 bits per heavy atom. The third-order valence-electron chi connectivity index (χ3n) is 3.87. The Morgan fingerprint density at radius 2 is 2.15 bits per heavy atom. The van der Waals surface area contributed by atoms with Gasteiger partial charge in [-0.15, -0.1) is 0 Å². The fraction of sp³-hybridized carbons (Fsp3) is 0.556. The van der Waals surface area contributed by atoms with Crippen LogP contribution < -0.4 is 9.47 Å². The topological polar surface area (TPSA) is 85.3 Å². The molecule has 0 aliphatic carbocycles. The van der Waals surface area contributed by atoms with Gasteiger partial charge in [0.15, 0.2) is 11.5 Å². The lowest BCUT2D eigenvalue weighted by Gasteiger charge is -2.32. The van der Waals surface area contributed by atoms with Crippen molar-refractivity contribution in [3.8, 4) is 11.5 Å². The lowest BCUT2D eigenvalue weighted by atomic mass is 10.1. The van der Waals surface area contributed by atoms with Gasteiger partial charge in [0.2, 0.25) is 0 Å². The minimum Gasteiger partial charge on any atom is -0.493 e. The number of halogens is 1. The Balaban J connectivity index is 2.18. The summed E-state index contributed by atoms with van der Waals surface area (Å²) in [6.45, 7) is 5.42. The van der Waals surface area contributed by atoms with Crippen molar-refractivity contribution in [2.45, 2.75) is 26.4 Å². The number of benzene rings is 1. The molecule has 1 aromatic carbocycles. The molecule has 1 atom stereocenters. The summed E-state index contributed by atoms with van der Waals surface area (Å²) < 4.78 is 16.4. The Labute approximate surface area is 157 Å². The van der Waals surface area contributed by atoms with E-state index in [1.165, 1.54) is 7.11 Å². The van der Waals surface area contributed by atoms with Gasteiger partial charge in [-0.1, -0.05) is 25.4 Å². The van der Waals surface area contributed by atoms with Crippen molar-refractivity contribution in [1.29, 1.82) is 0 Å². The molecule has 0 radical (unpaired) electrons. The number of carbonyl (C=O) groups is 2. The Hall–Kier alpha value is -1.99. The monoisotopic (exact) mass is 385 g/mol. The number of amides is 1. The Bertz CT molecular complexity index is 663. The lowest BCUT2D eigenvalue weighted by Crippen LogP contribution is -2.46. The molecule has 8 heteroatoms. The molecule has 0 spiro atoms. The number of hydrogen-bond acceptors (Lipinski definition) is 5. The maximum absolute atomic E-state index is 12.8. The number of methoxy groups -OCH3 is 1. The smallest absolute Gasteiger partial charge is 0.306 e. The van der Waals surface area contributed by atoms with Crippen LogP contribution in [0.25, 0.3) is 0 Å². The summed E-state index contributed by atoms with van der Waals surface area (Å²) in [4.78, 5) is 25.2. The minimum atomic E-state index is -0.958. The lowest BCUT2D eigenvalue weighted by molar-refractivity contribution is -0.141. The number of rotatable bonds is 7. The second kappa shape index (κ2) is 9.09. The molecule has 0 saturated carbocycles. The second-order valence-electron chi connectivity index (χ2n) is 6.54. The molecule has 0 aromatic heterocycles. The predicted molar refractivity (Wildman–Crippen MR) is 96.2 cm³/mol. The predicted octanol–water partition coefficient (Wildman–Crippen LogP) is 2.70. The molecule has 1 aliphatic heterocycles. The third-order valence-corrected chi connectivity index (χ3v) is 4.15. The van der Waals surface area contributed by atoms with E-state index >= 15 is 0 Å². The first-order chi connectivity index (χ1) is 12.3. The molecular weight excluding hydrogens is 362 g/mol. The zero-order valence-corrected chi connectivity index (χ0v) is 15.9. The molecule has 1 aromatic rings. The zero-order valence-electron chi connectivity index (χ0n) is 15.2. The summed E-state index contributed by atoms with van der Waals surface area (Å²) in [6, 6.07) is 3.13. The van der Waals surface area contributed by atoms with E-state index in [-0.39, 0.29) is 18.9 Å². The van der Waals surface area contributed by atoms with Crippen LogP contribution in [0.3, 0.4) is 0 Å². The van der Waals surface area contributed by atoms with Crippen LogP contribution in [0.15, 0.2) is 12.1 Å². The number of morpholine rings is 1. The summed E-state index contributed by atoms with van der Waals surface area (Å²) in [5.41, 5.74) is 0.361. The number of hydrogen-bond donors (Lipinski definition) is 1. The maximum Gasteiger partial charge on any atom is 0.306 e. The van der Waals surface area contributed by atoms with E-state index in [4.69, 9.17) is 30.9 Å². The Morgan fingerprint density at radius 3 is 2.77 bits per heavy atom. The van der Waals surface area contributed by atoms with E-state index < -0.39 is 12.1 Å². The summed E-state index contributed by atoms with van der Waals surface area (Å²) in [5.74, 6) is -0.0986. The number of carboxylic acids is 1. The van der Waals surface area contributed by atoms with Crippen LogP contribution in [-0.2, 0) is 9.53 Å². The van der Waals surface area contributed by atoms with E-state index in [9.17, 15) is 9.59 Å². The minimum absolute atomic E-state index is 0.143. The fourth-order valence-electron chi connectivity index (χ4n) is 2.64.